The van der Waals surface area contributed by atoms with Crippen molar-refractivity contribution in [1.82, 2.24) is 10.3 Å². The first-order chi connectivity index (χ1) is 10.1. The molecule has 1 amide bonds. The van der Waals surface area contributed by atoms with Crippen molar-refractivity contribution in [2.45, 2.75) is 45.4 Å². The maximum Gasteiger partial charge on any atom is 0.288 e. The van der Waals surface area contributed by atoms with Gasteiger partial charge in [-0.25, -0.2) is 4.98 Å². The first-order valence-corrected chi connectivity index (χ1v) is 7.52. The zero-order chi connectivity index (χ0) is 15.7. The number of unbranched alkanes of at least 4 members (excludes halogenated alkanes) is 5. The van der Waals surface area contributed by atoms with Crippen LogP contribution in [0.15, 0.2) is 12.3 Å². The smallest absolute Gasteiger partial charge is 0.288 e. The van der Waals surface area contributed by atoms with E-state index in [1.54, 1.807) is 0 Å². The Morgan fingerprint density at radius 3 is 2.67 bits per heavy atom. The van der Waals surface area contributed by atoms with Crippen LogP contribution in [0.1, 0.15) is 55.8 Å². The molecule has 0 saturated carbocycles. The molecular formula is C14H20ClN3O3. The van der Waals surface area contributed by atoms with E-state index in [1.165, 1.54) is 19.3 Å². The molecular weight excluding hydrogens is 294 g/mol. The van der Waals surface area contributed by atoms with Crippen LogP contribution in [-0.2, 0) is 0 Å². The maximum atomic E-state index is 11.9. The minimum absolute atomic E-state index is 0.0268. The summed E-state index contributed by atoms with van der Waals surface area (Å²) in [5, 5.41) is 13.3. The van der Waals surface area contributed by atoms with Crippen LogP contribution in [0.3, 0.4) is 0 Å². The third-order valence-electron chi connectivity index (χ3n) is 3.10. The number of nitrogens with one attached hydrogen (secondary N) is 1. The van der Waals surface area contributed by atoms with Gasteiger partial charge in [0, 0.05) is 12.6 Å². The Bertz CT molecular complexity index is 494. The largest absolute Gasteiger partial charge is 0.352 e. The lowest BCUT2D eigenvalue weighted by Crippen LogP contribution is -2.25. The van der Waals surface area contributed by atoms with Crippen molar-refractivity contribution in [1.29, 1.82) is 0 Å². The van der Waals surface area contributed by atoms with Crippen molar-refractivity contribution in [3.8, 4) is 0 Å². The Morgan fingerprint density at radius 1 is 1.33 bits per heavy atom. The second kappa shape index (κ2) is 9.28. The summed E-state index contributed by atoms with van der Waals surface area (Å²) in [7, 11) is 0. The predicted octanol–water partition coefficient (Wildman–Crippen LogP) is 3.73. The molecule has 1 N–H and O–H groups in total. The van der Waals surface area contributed by atoms with Crippen LogP contribution in [0.5, 0.6) is 0 Å². The third-order valence-corrected chi connectivity index (χ3v) is 3.40. The fourth-order valence-corrected chi connectivity index (χ4v) is 2.09. The minimum atomic E-state index is -0.603. The van der Waals surface area contributed by atoms with Crippen molar-refractivity contribution in [3.05, 3.63) is 33.1 Å². The molecule has 1 rings (SSSR count). The molecule has 0 fully saturated rings. The van der Waals surface area contributed by atoms with Gasteiger partial charge >= 0.3 is 0 Å². The molecule has 0 radical (unpaired) electrons. The molecule has 0 atom stereocenters. The van der Waals surface area contributed by atoms with Crippen molar-refractivity contribution in [2.75, 3.05) is 6.54 Å². The van der Waals surface area contributed by atoms with Crippen LogP contribution in [0.25, 0.3) is 0 Å². The highest BCUT2D eigenvalue weighted by Crippen LogP contribution is 2.18. The molecule has 0 aliphatic heterocycles. The Kier molecular flexibility index (Phi) is 7.68. The average molecular weight is 314 g/mol. The summed E-state index contributed by atoms with van der Waals surface area (Å²) in [5.74, 6) is -0.426. The Morgan fingerprint density at radius 2 is 2.00 bits per heavy atom. The molecule has 0 bridgehead atoms. The van der Waals surface area contributed by atoms with Gasteiger partial charge in [-0.2, -0.15) is 0 Å². The number of aromatic nitrogens is 1. The minimum Gasteiger partial charge on any atom is -0.352 e. The van der Waals surface area contributed by atoms with Crippen molar-refractivity contribution in [3.63, 3.8) is 0 Å². The van der Waals surface area contributed by atoms with Gasteiger partial charge in [0.15, 0.2) is 0 Å². The first kappa shape index (κ1) is 17.4. The standard InChI is InChI=1S/C14H20ClN3O3/c1-2-3-4-5-6-7-8-16-14(19)12-9-11(18(20)21)10-17-13(12)15/h9-10H,2-8H2,1H3,(H,16,19). The fourth-order valence-electron chi connectivity index (χ4n) is 1.90. The van der Waals surface area contributed by atoms with E-state index in [2.05, 4.69) is 17.2 Å². The van der Waals surface area contributed by atoms with Crippen LogP contribution < -0.4 is 5.32 Å². The highest BCUT2D eigenvalue weighted by molar-refractivity contribution is 6.32. The summed E-state index contributed by atoms with van der Waals surface area (Å²) in [6.07, 6.45) is 7.79. The zero-order valence-corrected chi connectivity index (χ0v) is 12.9. The number of amides is 1. The van der Waals surface area contributed by atoms with Gasteiger partial charge < -0.3 is 5.32 Å². The van der Waals surface area contributed by atoms with Gasteiger partial charge in [0.1, 0.15) is 11.3 Å². The molecule has 1 heterocycles. The van der Waals surface area contributed by atoms with E-state index in [0.717, 1.165) is 31.5 Å². The topological polar surface area (TPSA) is 85.1 Å². The van der Waals surface area contributed by atoms with Crippen LogP contribution >= 0.6 is 11.6 Å². The quantitative estimate of drug-likeness (QED) is 0.326. The molecule has 21 heavy (non-hydrogen) atoms. The number of halogens is 1. The summed E-state index contributed by atoms with van der Waals surface area (Å²) in [4.78, 5) is 25.6. The monoisotopic (exact) mass is 313 g/mol. The van der Waals surface area contributed by atoms with E-state index in [9.17, 15) is 14.9 Å². The molecule has 0 unspecified atom stereocenters. The van der Waals surface area contributed by atoms with E-state index in [0.29, 0.717) is 6.54 Å². The third kappa shape index (κ3) is 6.08. The molecule has 116 valence electrons. The normalized spacial score (nSPS) is 10.4. The van der Waals surface area contributed by atoms with Gasteiger partial charge in [0.25, 0.3) is 11.6 Å². The van der Waals surface area contributed by atoms with Gasteiger partial charge in [-0.15, -0.1) is 0 Å². The van der Waals surface area contributed by atoms with Crippen molar-refractivity contribution >= 4 is 23.2 Å². The van der Waals surface area contributed by atoms with Crippen LogP contribution in [-0.4, -0.2) is 22.4 Å². The SMILES string of the molecule is CCCCCCCCNC(=O)c1cc([N+](=O)[O-])cnc1Cl. The molecule has 6 nitrogen and oxygen atoms in total. The second-order valence-corrected chi connectivity index (χ2v) is 5.17. The van der Waals surface area contributed by atoms with E-state index in [4.69, 9.17) is 11.6 Å². The Labute approximate surface area is 129 Å². The molecule has 0 aliphatic carbocycles. The number of pyridine rings is 1. The molecule has 0 saturated heterocycles. The van der Waals surface area contributed by atoms with Crippen LogP contribution in [0.2, 0.25) is 5.15 Å². The first-order valence-electron chi connectivity index (χ1n) is 7.14. The van der Waals surface area contributed by atoms with Crippen LogP contribution in [0, 0.1) is 10.1 Å². The molecule has 0 spiro atoms. The van der Waals surface area contributed by atoms with Gasteiger partial charge in [0.05, 0.1) is 10.5 Å². The number of nitrogens with zero attached hydrogens (tertiary/aromatic N) is 2. The van der Waals surface area contributed by atoms with Gasteiger partial charge in [-0.3, -0.25) is 14.9 Å². The van der Waals surface area contributed by atoms with Crippen molar-refractivity contribution in [2.24, 2.45) is 0 Å². The summed E-state index contributed by atoms with van der Waals surface area (Å²) < 4.78 is 0. The van der Waals surface area contributed by atoms with E-state index in [1.807, 2.05) is 0 Å². The number of nitro groups is 1. The number of hydrogen-bond donors (Lipinski definition) is 1. The molecule has 0 aromatic carbocycles. The van der Waals surface area contributed by atoms with Gasteiger partial charge in [-0.1, -0.05) is 50.6 Å². The molecule has 7 heteroatoms. The zero-order valence-electron chi connectivity index (χ0n) is 12.1. The van der Waals surface area contributed by atoms with Gasteiger partial charge in [-0.05, 0) is 6.42 Å². The summed E-state index contributed by atoms with van der Waals surface area (Å²) in [5.41, 5.74) is -0.207. The van der Waals surface area contributed by atoms with E-state index < -0.39 is 10.8 Å². The van der Waals surface area contributed by atoms with Gasteiger partial charge in [0.2, 0.25) is 0 Å². The Balaban J connectivity index is 2.41. The second-order valence-electron chi connectivity index (χ2n) is 4.81. The highest BCUT2D eigenvalue weighted by atomic mass is 35.5. The number of carbonyl (C=O) groups excluding carboxylic acids is 1. The van der Waals surface area contributed by atoms with Crippen LogP contribution in [0.4, 0.5) is 5.69 Å². The Hall–Kier alpha value is -1.69. The fraction of sp³-hybridized carbons (Fsp3) is 0.571. The van der Waals surface area contributed by atoms with E-state index >= 15 is 0 Å². The summed E-state index contributed by atoms with van der Waals surface area (Å²) in [6, 6.07) is 1.14. The highest BCUT2D eigenvalue weighted by Gasteiger charge is 2.16. The summed E-state index contributed by atoms with van der Waals surface area (Å²) >= 11 is 5.80. The number of hydrogen-bond acceptors (Lipinski definition) is 4. The molecule has 0 aliphatic rings. The average Bonchev–Trinajstić information content (AvgIpc) is 2.46. The number of rotatable bonds is 9. The lowest BCUT2D eigenvalue weighted by molar-refractivity contribution is -0.385. The lowest BCUT2D eigenvalue weighted by Gasteiger charge is -2.06. The summed E-state index contributed by atoms with van der Waals surface area (Å²) in [6.45, 7) is 2.70. The number of carbonyl (C=O) groups is 1. The van der Waals surface area contributed by atoms with E-state index in [-0.39, 0.29) is 16.4 Å². The predicted molar refractivity (Wildman–Crippen MR) is 81.6 cm³/mol. The lowest BCUT2D eigenvalue weighted by atomic mass is 10.1. The van der Waals surface area contributed by atoms with Crippen molar-refractivity contribution < 1.29 is 9.72 Å². The maximum absolute atomic E-state index is 11.9. The molecule has 1 aromatic rings. The molecule has 1 aromatic heterocycles.